The van der Waals surface area contributed by atoms with Crippen molar-refractivity contribution in [2.75, 3.05) is 5.75 Å². The predicted octanol–water partition coefficient (Wildman–Crippen LogP) is 0.946. The number of rotatable bonds is 4. The second kappa shape index (κ2) is 6.07. The second-order valence-corrected chi connectivity index (χ2v) is 5.59. The smallest absolute Gasteiger partial charge is 0.419 e. The molecule has 15 heavy (non-hydrogen) atoms. The monoisotopic (exact) mass is 237 g/mol. The Morgan fingerprint density at radius 2 is 2.07 bits per heavy atom. The van der Waals surface area contributed by atoms with Crippen LogP contribution in [0.25, 0.3) is 0 Å². The van der Waals surface area contributed by atoms with Gasteiger partial charge in [-0.1, -0.05) is 0 Å². The molecule has 2 N–H and O–H groups in total. The minimum absolute atomic E-state index is 0.219. The van der Waals surface area contributed by atoms with E-state index in [1.165, 1.54) is 0 Å². The Morgan fingerprint density at radius 3 is 2.47 bits per heavy atom. The van der Waals surface area contributed by atoms with E-state index in [1.54, 1.807) is 27.7 Å². The van der Waals surface area contributed by atoms with Gasteiger partial charge in [-0.3, -0.25) is 0 Å². The molecule has 1 amide bonds. The SMILES string of the molecule is CC(O)CCS(=O)NC(=O)OC(C)(C)C. The normalized spacial score (nSPS) is 15.5. The molecule has 0 aliphatic heterocycles. The van der Waals surface area contributed by atoms with Crippen LogP contribution in [0.15, 0.2) is 0 Å². The number of hydrogen-bond donors (Lipinski definition) is 2. The molecule has 90 valence electrons. The number of aliphatic hydroxyl groups is 1. The van der Waals surface area contributed by atoms with Gasteiger partial charge in [-0.25, -0.2) is 13.7 Å². The van der Waals surface area contributed by atoms with Crippen LogP contribution in [-0.4, -0.2) is 32.9 Å². The molecule has 0 aromatic heterocycles. The molecule has 5 nitrogen and oxygen atoms in total. The second-order valence-electron chi connectivity index (χ2n) is 4.29. The highest BCUT2D eigenvalue weighted by atomic mass is 32.2. The van der Waals surface area contributed by atoms with Crippen LogP contribution in [0, 0.1) is 0 Å². The number of aliphatic hydroxyl groups excluding tert-OH is 1. The number of hydrogen-bond acceptors (Lipinski definition) is 4. The number of amides is 1. The van der Waals surface area contributed by atoms with E-state index in [9.17, 15) is 9.00 Å². The van der Waals surface area contributed by atoms with Crippen molar-refractivity contribution in [3.63, 3.8) is 0 Å². The van der Waals surface area contributed by atoms with E-state index in [-0.39, 0.29) is 5.75 Å². The molecule has 0 rings (SSSR count). The van der Waals surface area contributed by atoms with Crippen LogP contribution in [0.5, 0.6) is 0 Å². The van der Waals surface area contributed by atoms with Crippen molar-refractivity contribution in [2.45, 2.75) is 45.8 Å². The van der Waals surface area contributed by atoms with E-state index in [0.29, 0.717) is 6.42 Å². The van der Waals surface area contributed by atoms with Gasteiger partial charge < -0.3 is 9.84 Å². The first-order chi connectivity index (χ1) is 6.70. The van der Waals surface area contributed by atoms with Crippen molar-refractivity contribution in [1.82, 2.24) is 4.72 Å². The molecule has 2 atom stereocenters. The predicted molar refractivity (Wildman–Crippen MR) is 58.7 cm³/mol. The van der Waals surface area contributed by atoms with E-state index in [4.69, 9.17) is 9.84 Å². The molecular formula is C9H19NO4S. The van der Waals surface area contributed by atoms with Crippen LogP contribution in [0.1, 0.15) is 34.1 Å². The van der Waals surface area contributed by atoms with Gasteiger partial charge in [0.05, 0.1) is 6.10 Å². The van der Waals surface area contributed by atoms with Gasteiger partial charge in [0.2, 0.25) is 0 Å². The maximum absolute atomic E-state index is 11.2. The van der Waals surface area contributed by atoms with Crippen LogP contribution >= 0.6 is 0 Å². The third-order valence-electron chi connectivity index (χ3n) is 1.32. The lowest BCUT2D eigenvalue weighted by Crippen LogP contribution is -2.34. The van der Waals surface area contributed by atoms with Gasteiger partial charge in [0.1, 0.15) is 16.6 Å². The molecule has 0 aliphatic carbocycles. The Hall–Kier alpha value is -0.620. The quantitative estimate of drug-likeness (QED) is 0.763. The Morgan fingerprint density at radius 1 is 1.53 bits per heavy atom. The molecule has 0 bridgehead atoms. The number of carbonyl (C=O) groups excluding carboxylic acids is 1. The van der Waals surface area contributed by atoms with Gasteiger partial charge in [0.15, 0.2) is 0 Å². The minimum Gasteiger partial charge on any atom is -0.443 e. The minimum atomic E-state index is -1.49. The van der Waals surface area contributed by atoms with E-state index in [1.807, 2.05) is 0 Å². The van der Waals surface area contributed by atoms with Gasteiger partial charge >= 0.3 is 6.09 Å². The summed E-state index contributed by atoms with van der Waals surface area (Å²) in [6.07, 6.45) is -0.844. The average molecular weight is 237 g/mol. The number of carbonyl (C=O) groups is 1. The van der Waals surface area contributed by atoms with Crippen LogP contribution in [0.4, 0.5) is 4.79 Å². The molecule has 0 aromatic rings. The van der Waals surface area contributed by atoms with Crippen molar-refractivity contribution >= 4 is 17.1 Å². The Labute approximate surface area is 92.8 Å². The van der Waals surface area contributed by atoms with Crippen LogP contribution in [-0.2, 0) is 15.7 Å². The van der Waals surface area contributed by atoms with Gasteiger partial charge in [0.25, 0.3) is 0 Å². The molecule has 2 unspecified atom stereocenters. The lowest BCUT2D eigenvalue weighted by atomic mass is 10.2. The molecule has 0 radical (unpaired) electrons. The van der Waals surface area contributed by atoms with Gasteiger partial charge in [-0.15, -0.1) is 0 Å². The first-order valence-corrected chi connectivity index (χ1v) is 6.08. The van der Waals surface area contributed by atoms with Crippen LogP contribution in [0.3, 0.4) is 0 Å². The molecule has 0 saturated heterocycles. The van der Waals surface area contributed by atoms with Crippen molar-refractivity contribution in [3.8, 4) is 0 Å². The Bertz CT molecular complexity index is 235. The first-order valence-electron chi connectivity index (χ1n) is 4.77. The summed E-state index contributed by atoms with van der Waals surface area (Å²) in [6.45, 7) is 6.78. The molecule has 0 aromatic carbocycles. The zero-order valence-corrected chi connectivity index (χ0v) is 10.4. The molecule has 6 heteroatoms. The standard InChI is InChI=1S/C9H19NO4S/c1-7(11)5-6-15(13)10-8(12)14-9(2,3)4/h7,11H,5-6H2,1-4H3,(H,10,12). The summed E-state index contributed by atoms with van der Waals surface area (Å²) >= 11 is 0. The average Bonchev–Trinajstić information content (AvgIpc) is 1.96. The van der Waals surface area contributed by atoms with Gasteiger partial charge in [-0.2, -0.15) is 0 Å². The summed E-state index contributed by atoms with van der Waals surface area (Å²) in [7, 11) is -1.49. The lowest BCUT2D eigenvalue weighted by molar-refractivity contribution is 0.0572. The fraction of sp³-hybridized carbons (Fsp3) is 0.889. The van der Waals surface area contributed by atoms with Crippen molar-refractivity contribution in [2.24, 2.45) is 0 Å². The number of nitrogens with one attached hydrogen (secondary N) is 1. The van der Waals surface area contributed by atoms with Gasteiger partial charge in [0, 0.05) is 5.75 Å². The lowest BCUT2D eigenvalue weighted by Gasteiger charge is -2.19. The highest BCUT2D eigenvalue weighted by Gasteiger charge is 2.17. The van der Waals surface area contributed by atoms with Crippen molar-refractivity contribution in [3.05, 3.63) is 0 Å². The van der Waals surface area contributed by atoms with Gasteiger partial charge in [-0.05, 0) is 34.1 Å². The first kappa shape index (κ1) is 14.4. The summed E-state index contributed by atoms with van der Waals surface area (Å²) in [6, 6.07) is 0. The maximum Gasteiger partial charge on any atom is 0.419 e. The van der Waals surface area contributed by atoms with Crippen molar-refractivity contribution < 1.29 is 18.8 Å². The van der Waals surface area contributed by atoms with E-state index < -0.39 is 28.8 Å². The largest absolute Gasteiger partial charge is 0.443 e. The third-order valence-corrected chi connectivity index (χ3v) is 2.32. The summed E-state index contributed by atoms with van der Waals surface area (Å²) < 4.78 is 18.3. The van der Waals surface area contributed by atoms with Crippen LogP contribution in [0.2, 0.25) is 0 Å². The number of ether oxygens (including phenoxy) is 1. The maximum atomic E-state index is 11.2. The molecular weight excluding hydrogens is 218 g/mol. The highest BCUT2D eigenvalue weighted by molar-refractivity contribution is 7.83. The topological polar surface area (TPSA) is 75.6 Å². The van der Waals surface area contributed by atoms with E-state index in [0.717, 1.165) is 0 Å². The molecule has 0 spiro atoms. The fourth-order valence-corrected chi connectivity index (χ4v) is 1.61. The van der Waals surface area contributed by atoms with E-state index in [2.05, 4.69) is 4.72 Å². The Kier molecular flexibility index (Phi) is 5.82. The summed E-state index contributed by atoms with van der Waals surface area (Å²) in [5.41, 5.74) is -0.599. The van der Waals surface area contributed by atoms with Crippen LogP contribution < -0.4 is 4.72 Å². The summed E-state index contributed by atoms with van der Waals surface area (Å²) in [4.78, 5) is 11.1. The molecule has 0 fully saturated rings. The van der Waals surface area contributed by atoms with E-state index >= 15 is 0 Å². The highest BCUT2D eigenvalue weighted by Crippen LogP contribution is 2.06. The Balaban J connectivity index is 3.82. The molecule has 0 saturated carbocycles. The zero-order chi connectivity index (χ0) is 12.1. The molecule has 0 heterocycles. The zero-order valence-electron chi connectivity index (χ0n) is 9.57. The van der Waals surface area contributed by atoms with Crippen molar-refractivity contribution in [1.29, 1.82) is 0 Å². The fourth-order valence-electron chi connectivity index (χ4n) is 0.720. The summed E-state index contributed by atoms with van der Waals surface area (Å²) in [5.74, 6) is 0.219. The molecule has 0 aliphatic rings. The third kappa shape index (κ3) is 9.68. The summed E-state index contributed by atoms with van der Waals surface area (Å²) in [5, 5.41) is 8.94.